The molecule has 0 bridgehead atoms. The van der Waals surface area contributed by atoms with Gasteiger partial charge in [0.15, 0.2) is 0 Å². The van der Waals surface area contributed by atoms with E-state index in [1.54, 1.807) is 0 Å². The normalized spacial score (nSPS) is 4.00. The quantitative estimate of drug-likeness (QED) is 0.576. The Balaban J connectivity index is 0. The molecule has 0 atom stereocenters. The van der Waals surface area contributed by atoms with E-state index in [0.717, 1.165) is 0 Å². The third kappa shape index (κ3) is 13.2. The summed E-state index contributed by atoms with van der Waals surface area (Å²) < 4.78 is 16.9. The van der Waals surface area contributed by atoms with Crippen molar-refractivity contribution in [2.45, 2.75) is 0 Å². The summed E-state index contributed by atoms with van der Waals surface area (Å²) in [4.78, 5) is 0. The van der Waals surface area contributed by atoms with Crippen LogP contribution < -0.4 is 0 Å². The molecular formula is IrO2Ru. The van der Waals surface area contributed by atoms with Crippen LogP contribution in [0, 0.1) is 0 Å². The van der Waals surface area contributed by atoms with Gasteiger partial charge in [0.2, 0.25) is 0 Å². The molecule has 2 nitrogen and oxygen atoms in total. The fourth-order valence-corrected chi connectivity index (χ4v) is 0. The van der Waals surface area contributed by atoms with Crippen molar-refractivity contribution in [2.24, 2.45) is 0 Å². The van der Waals surface area contributed by atoms with Crippen molar-refractivity contribution in [3.05, 3.63) is 0 Å². The Morgan fingerprint density at radius 2 is 1.25 bits per heavy atom. The molecule has 0 spiro atoms. The van der Waals surface area contributed by atoms with Crippen LogP contribution in [0.4, 0.5) is 0 Å². The predicted octanol–water partition coefficient (Wildman–Crippen LogP) is -0.243. The van der Waals surface area contributed by atoms with E-state index in [0.29, 0.717) is 0 Å². The molecule has 0 rings (SSSR count). The first-order chi connectivity index (χ1) is 1.41. The Morgan fingerprint density at radius 3 is 1.25 bits per heavy atom. The first-order valence-electron chi connectivity index (χ1n) is 0.289. The average molecular weight is 325 g/mol. The third-order valence-corrected chi connectivity index (χ3v) is 0. The van der Waals surface area contributed by atoms with Gasteiger partial charge < -0.3 is 0 Å². The summed E-state index contributed by atoms with van der Waals surface area (Å²) in [5.74, 6) is 0. The van der Waals surface area contributed by atoms with Gasteiger partial charge in [-0.25, -0.2) is 0 Å². The number of hydrogen-bond donors (Lipinski definition) is 0. The van der Waals surface area contributed by atoms with Crippen LogP contribution in [0.2, 0.25) is 0 Å². The van der Waals surface area contributed by atoms with Gasteiger partial charge in [-0.3, -0.25) is 0 Å². The number of rotatable bonds is 0. The Morgan fingerprint density at radius 1 is 1.25 bits per heavy atom. The van der Waals surface area contributed by atoms with Crippen molar-refractivity contribution < 1.29 is 44.3 Å². The molecule has 29 valence electrons. The topological polar surface area (TPSA) is 34.1 Å². The van der Waals surface area contributed by atoms with Crippen LogP contribution in [-0.4, -0.2) is 0 Å². The molecule has 0 heterocycles. The second-order valence-corrected chi connectivity index (χ2v) is 0.349. The van der Waals surface area contributed by atoms with E-state index in [9.17, 15) is 0 Å². The van der Waals surface area contributed by atoms with Crippen molar-refractivity contribution in [2.75, 3.05) is 0 Å². The minimum atomic E-state index is -1.79. The van der Waals surface area contributed by atoms with Crippen LogP contribution in [0.1, 0.15) is 0 Å². The third-order valence-electron chi connectivity index (χ3n) is 0. The van der Waals surface area contributed by atoms with E-state index in [4.69, 9.17) is 7.15 Å². The van der Waals surface area contributed by atoms with Gasteiger partial charge >= 0.3 is 24.2 Å². The maximum atomic E-state index is 8.46. The van der Waals surface area contributed by atoms with Gasteiger partial charge in [-0.15, -0.1) is 0 Å². The zero-order chi connectivity index (χ0) is 2.71. The van der Waals surface area contributed by atoms with Crippen LogP contribution in [0.25, 0.3) is 0 Å². The van der Waals surface area contributed by atoms with Crippen molar-refractivity contribution in [3.8, 4) is 0 Å². The monoisotopic (exact) mass is 327 g/mol. The van der Waals surface area contributed by atoms with E-state index in [2.05, 4.69) is 0 Å². The Kier molecular flexibility index (Phi) is 20.2. The standard InChI is InChI=1S/Ir.2O.Ru. The summed E-state index contributed by atoms with van der Waals surface area (Å²) in [6.07, 6.45) is 0. The summed E-state index contributed by atoms with van der Waals surface area (Å²) in [5, 5.41) is 0. The molecule has 0 aromatic rings. The summed E-state index contributed by atoms with van der Waals surface area (Å²) in [5.41, 5.74) is 0. The van der Waals surface area contributed by atoms with Crippen molar-refractivity contribution >= 4 is 0 Å². The van der Waals surface area contributed by atoms with Crippen LogP contribution in [0.3, 0.4) is 0 Å². The van der Waals surface area contributed by atoms with E-state index in [1.165, 1.54) is 0 Å². The van der Waals surface area contributed by atoms with Crippen molar-refractivity contribution in [1.82, 2.24) is 0 Å². The zero-order valence-corrected chi connectivity index (χ0v) is 5.64. The van der Waals surface area contributed by atoms with E-state index < -0.39 is 17.0 Å². The molecule has 1 radical (unpaired) electrons. The van der Waals surface area contributed by atoms with Gasteiger partial charge in [-0.1, -0.05) is 0 Å². The molecule has 0 aromatic carbocycles. The summed E-state index contributed by atoms with van der Waals surface area (Å²) in [6.45, 7) is 0. The Bertz CT molecular complexity index is 27.0. The number of hydrogen-bond acceptors (Lipinski definition) is 2. The first-order valence-corrected chi connectivity index (χ1v) is 1.71. The molecule has 0 aliphatic rings. The van der Waals surface area contributed by atoms with Gasteiger partial charge in [0.05, 0.1) is 0 Å². The molecular weight excluding hydrogens is 325 g/mol. The molecule has 4 heteroatoms. The first kappa shape index (κ1) is 8.86. The molecule has 0 saturated heterocycles. The van der Waals surface area contributed by atoms with E-state index in [1.807, 2.05) is 0 Å². The molecule has 0 amide bonds. The Hall–Kier alpha value is 0.873. The molecule has 0 fully saturated rings. The van der Waals surface area contributed by atoms with E-state index >= 15 is 0 Å². The average Bonchev–Trinajstić information content (AvgIpc) is 0.918. The molecule has 0 aliphatic heterocycles. The molecule has 0 aliphatic carbocycles. The minimum absolute atomic E-state index is 0. The van der Waals surface area contributed by atoms with Gasteiger partial charge in [-0.05, 0) is 0 Å². The zero-order valence-electron chi connectivity index (χ0n) is 1.50. The van der Waals surface area contributed by atoms with E-state index in [-0.39, 0.29) is 20.1 Å². The predicted molar refractivity (Wildman–Crippen MR) is 1.37 cm³/mol. The maximum absolute atomic E-state index is 8.46. The molecule has 0 unspecified atom stereocenters. The summed E-state index contributed by atoms with van der Waals surface area (Å²) in [6, 6.07) is 0. The summed E-state index contributed by atoms with van der Waals surface area (Å²) in [7, 11) is 0. The second-order valence-electron chi connectivity index (χ2n) is 0.0589. The van der Waals surface area contributed by atoms with Crippen LogP contribution >= 0.6 is 0 Å². The van der Waals surface area contributed by atoms with Crippen LogP contribution in [-0.2, 0) is 44.3 Å². The molecule has 4 heavy (non-hydrogen) atoms. The SMILES string of the molecule is [Ir].[O]=[Ru]=[O]. The molecule has 0 N–H and O–H groups in total. The fraction of sp³-hybridized carbons (Fsp3) is 0. The van der Waals surface area contributed by atoms with Crippen LogP contribution in [0.15, 0.2) is 0 Å². The Labute approximate surface area is 44.4 Å². The van der Waals surface area contributed by atoms with Gasteiger partial charge in [-0.2, -0.15) is 0 Å². The van der Waals surface area contributed by atoms with Crippen molar-refractivity contribution in [1.29, 1.82) is 0 Å². The molecule has 0 saturated carbocycles. The van der Waals surface area contributed by atoms with Crippen LogP contribution in [0.5, 0.6) is 0 Å². The van der Waals surface area contributed by atoms with Gasteiger partial charge in [0.25, 0.3) is 0 Å². The molecule has 0 aromatic heterocycles. The fourth-order valence-electron chi connectivity index (χ4n) is 0. The summed E-state index contributed by atoms with van der Waals surface area (Å²) >= 11 is -1.79. The second kappa shape index (κ2) is 9.11. The van der Waals surface area contributed by atoms with Gasteiger partial charge in [0, 0.05) is 20.1 Å². The van der Waals surface area contributed by atoms with Gasteiger partial charge in [0.1, 0.15) is 0 Å². The van der Waals surface area contributed by atoms with Crippen molar-refractivity contribution in [3.63, 3.8) is 0 Å².